The number of hydrogen-bond acceptors (Lipinski definition) is 13. The normalized spacial score (nSPS) is 22.7. The molecule has 4 aromatic rings. The molecule has 15 nitrogen and oxygen atoms in total. The second-order valence-electron chi connectivity index (χ2n) is 9.68. The fourth-order valence-electron chi connectivity index (χ4n) is 4.57. The molecule has 0 spiro atoms. The molecular weight excluding hydrogens is 572 g/mol. The van der Waals surface area contributed by atoms with Gasteiger partial charge in [-0.1, -0.05) is 0 Å². The SMILES string of the molecule is COc1c(OC2OC(C(=O)O)C(O)C(O)C2O)cc2oc(-c3ccc(OCC(O)c4ccc(N)[nH]4)cc3)cc(=O)c2c1O. The summed E-state index contributed by atoms with van der Waals surface area (Å²) in [5, 5.41) is 60.5. The van der Waals surface area contributed by atoms with E-state index in [-0.39, 0.29) is 34.8 Å². The largest absolute Gasteiger partial charge is 0.504 e. The van der Waals surface area contributed by atoms with E-state index in [1.165, 1.54) is 0 Å². The Morgan fingerprint density at radius 3 is 2.42 bits per heavy atom. The lowest BCUT2D eigenvalue weighted by atomic mass is 9.99. The number of phenolic OH excluding ortho intramolecular Hbond substituents is 1. The predicted molar refractivity (Wildman–Crippen MR) is 147 cm³/mol. The van der Waals surface area contributed by atoms with Crippen LogP contribution in [0, 0.1) is 0 Å². The Labute approximate surface area is 241 Å². The van der Waals surface area contributed by atoms with Crippen LogP contribution in [-0.4, -0.2) is 86.0 Å². The molecule has 3 heterocycles. The maximum atomic E-state index is 13.0. The van der Waals surface area contributed by atoms with E-state index in [4.69, 9.17) is 29.1 Å². The van der Waals surface area contributed by atoms with E-state index in [0.717, 1.165) is 19.2 Å². The third-order valence-corrected chi connectivity index (χ3v) is 6.81. The van der Waals surface area contributed by atoms with Crippen molar-refractivity contribution in [3.63, 3.8) is 0 Å². The number of carboxylic acids is 1. The molecule has 228 valence electrons. The first-order valence-electron chi connectivity index (χ1n) is 12.8. The van der Waals surface area contributed by atoms with Crippen LogP contribution >= 0.6 is 0 Å². The number of aliphatic carboxylic acids is 1. The number of nitrogens with one attached hydrogen (secondary N) is 1. The van der Waals surface area contributed by atoms with Crippen LogP contribution in [0.2, 0.25) is 0 Å². The van der Waals surface area contributed by atoms with Crippen LogP contribution in [0.5, 0.6) is 23.0 Å². The summed E-state index contributed by atoms with van der Waals surface area (Å²) in [6, 6.07) is 12.0. The number of fused-ring (bicyclic) bond motifs is 1. The van der Waals surface area contributed by atoms with Gasteiger partial charge in [0, 0.05) is 23.4 Å². The van der Waals surface area contributed by atoms with Crippen molar-refractivity contribution in [2.24, 2.45) is 0 Å². The Hall–Kier alpha value is -4.80. The number of aliphatic hydroxyl groups is 4. The van der Waals surface area contributed by atoms with Gasteiger partial charge in [-0.2, -0.15) is 0 Å². The summed E-state index contributed by atoms with van der Waals surface area (Å²) in [7, 11) is 1.16. The second-order valence-corrected chi connectivity index (χ2v) is 9.68. The summed E-state index contributed by atoms with van der Waals surface area (Å²) >= 11 is 0. The van der Waals surface area contributed by atoms with E-state index in [9.17, 15) is 40.2 Å². The van der Waals surface area contributed by atoms with E-state index in [2.05, 4.69) is 4.98 Å². The quantitative estimate of drug-likeness (QED) is 0.130. The van der Waals surface area contributed by atoms with Crippen molar-refractivity contribution in [1.29, 1.82) is 0 Å². The number of rotatable bonds is 9. The van der Waals surface area contributed by atoms with Gasteiger partial charge in [0.05, 0.1) is 7.11 Å². The second kappa shape index (κ2) is 11.8. The Bertz CT molecular complexity index is 1680. The molecule has 0 aliphatic carbocycles. The number of benzene rings is 2. The summed E-state index contributed by atoms with van der Waals surface area (Å²) < 4.78 is 27.4. The lowest BCUT2D eigenvalue weighted by Crippen LogP contribution is -2.61. The number of nitrogens with two attached hydrogens (primary N) is 1. The van der Waals surface area contributed by atoms with Crippen LogP contribution in [0.4, 0.5) is 5.82 Å². The first-order chi connectivity index (χ1) is 20.5. The average Bonchev–Trinajstić information content (AvgIpc) is 3.42. The summed E-state index contributed by atoms with van der Waals surface area (Å²) in [5.74, 6) is -2.04. The first-order valence-corrected chi connectivity index (χ1v) is 12.8. The van der Waals surface area contributed by atoms with Crippen LogP contribution in [0.3, 0.4) is 0 Å². The fraction of sp³-hybridized carbons (Fsp3) is 0.286. The minimum Gasteiger partial charge on any atom is -0.504 e. The fourth-order valence-corrected chi connectivity index (χ4v) is 4.57. The molecule has 6 unspecified atom stereocenters. The number of hydrogen-bond donors (Lipinski definition) is 8. The Balaban J connectivity index is 1.41. The highest BCUT2D eigenvalue weighted by Crippen LogP contribution is 2.43. The molecular formula is C28H28N2O13. The van der Waals surface area contributed by atoms with E-state index in [1.54, 1.807) is 36.4 Å². The van der Waals surface area contributed by atoms with Gasteiger partial charge >= 0.3 is 5.97 Å². The van der Waals surface area contributed by atoms with Crippen molar-refractivity contribution >= 4 is 22.8 Å². The molecule has 15 heteroatoms. The molecule has 0 saturated carbocycles. The number of carboxylic acid groups (broad SMARTS) is 1. The van der Waals surface area contributed by atoms with Gasteiger partial charge in [0.25, 0.3) is 0 Å². The number of methoxy groups -OCH3 is 1. The van der Waals surface area contributed by atoms with Crippen LogP contribution < -0.4 is 25.4 Å². The number of phenols is 1. The van der Waals surface area contributed by atoms with Gasteiger partial charge in [-0.3, -0.25) is 4.79 Å². The van der Waals surface area contributed by atoms with Gasteiger partial charge in [0.15, 0.2) is 23.0 Å². The van der Waals surface area contributed by atoms with Gasteiger partial charge in [-0.05, 0) is 36.4 Å². The number of carbonyl (C=O) groups is 1. The third kappa shape index (κ3) is 5.79. The molecule has 1 aliphatic heterocycles. The van der Waals surface area contributed by atoms with Crippen molar-refractivity contribution in [3.8, 4) is 34.3 Å². The summed E-state index contributed by atoms with van der Waals surface area (Å²) in [5.41, 5.74) is 5.78. The number of aromatic nitrogens is 1. The van der Waals surface area contributed by atoms with E-state index in [0.29, 0.717) is 22.8 Å². The highest BCUT2D eigenvalue weighted by molar-refractivity contribution is 5.89. The molecule has 9 N–H and O–H groups in total. The van der Waals surface area contributed by atoms with Crippen molar-refractivity contribution in [2.45, 2.75) is 36.8 Å². The zero-order valence-electron chi connectivity index (χ0n) is 22.4. The van der Waals surface area contributed by atoms with Gasteiger partial charge in [-0.25, -0.2) is 4.79 Å². The monoisotopic (exact) mass is 600 g/mol. The minimum absolute atomic E-state index is 0.0587. The van der Waals surface area contributed by atoms with E-state index in [1.807, 2.05) is 0 Å². The van der Waals surface area contributed by atoms with Crippen LogP contribution in [-0.2, 0) is 9.53 Å². The molecule has 43 heavy (non-hydrogen) atoms. The number of aromatic amines is 1. The van der Waals surface area contributed by atoms with Gasteiger partial charge in [-0.15, -0.1) is 0 Å². The summed E-state index contributed by atoms with van der Waals surface area (Å²) in [6.45, 7) is -0.0587. The zero-order valence-corrected chi connectivity index (χ0v) is 22.4. The maximum absolute atomic E-state index is 13.0. The van der Waals surface area contributed by atoms with Crippen LogP contribution in [0.1, 0.15) is 11.8 Å². The Morgan fingerprint density at radius 2 is 1.79 bits per heavy atom. The standard InChI is InChI=1S/C28H28N2O13/c1-39-25-18(42-28-24(36)22(34)23(35)26(43-28)27(37)38)9-17-20(21(25)33)14(31)8-16(41-17)11-2-4-12(5-3-11)40-10-15(32)13-6-7-19(29)30-13/h2-9,15,22-24,26,28,30,32-36H,10,29H2,1H3,(H,37,38). The number of anilines is 1. The molecule has 2 aromatic carbocycles. The average molecular weight is 601 g/mol. The zero-order chi connectivity index (χ0) is 31.0. The molecule has 0 amide bonds. The Kier molecular flexibility index (Phi) is 8.16. The van der Waals surface area contributed by atoms with Gasteiger partial charge in [0.2, 0.25) is 12.0 Å². The molecule has 1 aliphatic rings. The van der Waals surface area contributed by atoms with Crippen LogP contribution in [0.15, 0.2) is 57.7 Å². The van der Waals surface area contributed by atoms with Gasteiger partial charge in [0.1, 0.15) is 59.3 Å². The Morgan fingerprint density at radius 1 is 1.07 bits per heavy atom. The van der Waals surface area contributed by atoms with Crippen molar-refractivity contribution < 1.29 is 58.8 Å². The number of aromatic hydroxyl groups is 1. The van der Waals surface area contributed by atoms with E-state index < -0.39 is 54.0 Å². The van der Waals surface area contributed by atoms with Crippen molar-refractivity contribution in [1.82, 2.24) is 4.98 Å². The van der Waals surface area contributed by atoms with Crippen molar-refractivity contribution in [2.75, 3.05) is 19.5 Å². The number of nitrogen functional groups attached to an aromatic ring is 1. The first kappa shape index (κ1) is 29.7. The lowest BCUT2D eigenvalue weighted by Gasteiger charge is -2.38. The molecule has 1 saturated heterocycles. The summed E-state index contributed by atoms with van der Waals surface area (Å²) in [4.78, 5) is 27.3. The molecule has 5 rings (SSSR count). The molecule has 1 fully saturated rings. The van der Waals surface area contributed by atoms with Gasteiger partial charge < -0.3 is 64.7 Å². The molecule has 0 radical (unpaired) electrons. The summed E-state index contributed by atoms with van der Waals surface area (Å²) in [6.07, 6.45) is -10.5. The van der Waals surface area contributed by atoms with Crippen LogP contribution in [0.25, 0.3) is 22.3 Å². The predicted octanol–water partition coefficient (Wildman–Crippen LogP) is 0.468. The minimum atomic E-state index is -1.94. The highest BCUT2D eigenvalue weighted by Gasteiger charge is 2.48. The number of H-pyrrole nitrogens is 1. The molecule has 6 atom stereocenters. The number of ether oxygens (including phenoxy) is 4. The maximum Gasteiger partial charge on any atom is 0.335 e. The van der Waals surface area contributed by atoms with E-state index >= 15 is 0 Å². The molecule has 2 aromatic heterocycles. The topological polar surface area (TPSA) is 247 Å². The highest BCUT2D eigenvalue weighted by atomic mass is 16.7. The smallest absolute Gasteiger partial charge is 0.335 e. The third-order valence-electron chi connectivity index (χ3n) is 6.81. The van der Waals surface area contributed by atoms with Crippen molar-refractivity contribution in [3.05, 3.63) is 64.4 Å². The number of aliphatic hydroxyl groups excluding tert-OH is 4. The lowest BCUT2D eigenvalue weighted by molar-refractivity contribution is -0.271. The molecule has 0 bridgehead atoms.